The van der Waals surface area contributed by atoms with Gasteiger partial charge in [-0.25, -0.2) is 9.07 Å². The maximum Gasteiger partial charge on any atom is 0.125 e. The first-order valence-electron chi connectivity index (χ1n) is 5.66. The molecule has 2 rings (SSSR count). The van der Waals surface area contributed by atoms with Crippen LogP contribution in [0.1, 0.15) is 11.3 Å². The third-order valence-corrected chi connectivity index (χ3v) is 2.72. The van der Waals surface area contributed by atoms with Crippen LogP contribution in [-0.2, 0) is 6.42 Å². The number of nitrogens with zero attached hydrogens (tertiary/aromatic N) is 2. The summed E-state index contributed by atoms with van der Waals surface area (Å²) >= 11 is 0. The van der Waals surface area contributed by atoms with Gasteiger partial charge in [0.2, 0.25) is 0 Å². The minimum atomic E-state index is -0.243. The molecule has 0 radical (unpaired) electrons. The van der Waals surface area contributed by atoms with Crippen molar-refractivity contribution in [2.45, 2.75) is 13.3 Å². The van der Waals surface area contributed by atoms with Crippen molar-refractivity contribution in [3.05, 3.63) is 47.5 Å². The van der Waals surface area contributed by atoms with Gasteiger partial charge < -0.3 is 5.32 Å². The zero-order valence-electron chi connectivity index (χ0n) is 10.1. The van der Waals surface area contributed by atoms with Crippen LogP contribution < -0.4 is 5.32 Å². The molecule has 0 aliphatic heterocycles. The molecule has 0 aliphatic carbocycles. The Morgan fingerprint density at radius 2 is 2.24 bits per heavy atom. The van der Waals surface area contributed by atoms with E-state index in [0.29, 0.717) is 0 Å². The second-order valence-electron chi connectivity index (χ2n) is 4.02. The highest BCUT2D eigenvalue weighted by Crippen LogP contribution is 2.13. The predicted octanol–water partition coefficient (Wildman–Crippen LogP) is 2.08. The molecule has 4 heteroatoms. The van der Waals surface area contributed by atoms with E-state index >= 15 is 0 Å². The van der Waals surface area contributed by atoms with E-state index in [0.717, 1.165) is 24.3 Å². The van der Waals surface area contributed by atoms with Crippen LogP contribution in [0.3, 0.4) is 0 Å². The van der Waals surface area contributed by atoms with Crippen molar-refractivity contribution in [1.29, 1.82) is 0 Å². The summed E-state index contributed by atoms with van der Waals surface area (Å²) in [7, 11) is 1.92. The Bertz CT molecular complexity index is 505. The first-order chi connectivity index (χ1) is 8.20. The van der Waals surface area contributed by atoms with E-state index in [2.05, 4.69) is 10.4 Å². The van der Waals surface area contributed by atoms with Gasteiger partial charge in [-0.05, 0) is 50.7 Å². The molecule has 90 valence electrons. The average molecular weight is 233 g/mol. The summed E-state index contributed by atoms with van der Waals surface area (Å²) in [6.07, 6.45) is 2.89. The van der Waals surface area contributed by atoms with Crippen molar-refractivity contribution >= 4 is 0 Å². The van der Waals surface area contributed by atoms with E-state index in [1.807, 2.05) is 26.2 Å². The molecule has 1 aromatic carbocycles. The molecule has 0 amide bonds. The summed E-state index contributed by atoms with van der Waals surface area (Å²) in [4.78, 5) is 0. The van der Waals surface area contributed by atoms with Gasteiger partial charge in [0.1, 0.15) is 5.82 Å². The fourth-order valence-electron chi connectivity index (χ4n) is 1.75. The van der Waals surface area contributed by atoms with E-state index in [9.17, 15) is 4.39 Å². The lowest BCUT2D eigenvalue weighted by Crippen LogP contribution is -2.10. The maximum absolute atomic E-state index is 13.1. The summed E-state index contributed by atoms with van der Waals surface area (Å²) in [5.74, 6) is -0.243. The monoisotopic (exact) mass is 233 g/mol. The average Bonchev–Trinajstić information content (AvgIpc) is 2.68. The number of aromatic nitrogens is 2. The number of aryl methyl sites for hydroxylation is 1. The lowest BCUT2D eigenvalue weighted by molar-refractivity contribution is 0.625. The van der Waals surface area contributed by atoms with Crippen LogP contribution in [0.2, 0.25) is 0 Å². The molecule has 1 N–H and O–H groups in total. The topological polar surface area (TPSA) is 29.9 Å². The highest BCUT2D eigenvalue weighted by Gasteiger charge is 2.06. The van der Waals surface area contributed by atoms with E-state index in [1.165, 1.54) is 17.7 Å². The van der Waals surface area contributed by atoms with Crippen LogP contribution >= 0.6 is 0 Å². The molecule has 17 heavy (non-hydrogen) atoms. The number of hydrogen-bond acceptors (Lipinski definition) is 2. The molecule has 3 nitrogen and oxygen atoms in total. The van der Waals surface area contributed by atoms with Crippen molar-refractivity contribution in [2.75, 3.05) is 13.6 Å². The van der Waals surface area contributed by atoms with Crippen LogP contribution in [0.15, 0.2) is 30.5 Å². The molecule has 2 aromatic rings. The first-order valence-corrected chi connectivity index (χ1v) is 5.66. The standard InChI is InChI=1S/C13H16FN3/c1-10-11(6-7-15-2)9-17(16-10)13-5-3-4-12(14)8-13/h3-5,8-9,15H,6-7H2,1-2H3. The third kappa shape index (κ3) is 2.71. The predicted molar refractivity (Wildman–Crippen MR) is 65.9 cm³/mol. The molecule has 0 bridgehead atoms. The van der Waals surface area contributed by atoms with Gasteiger partial charge in [-0.15, -0.1) is 0 Å². The molecule has 0 saturated carbocycles. The van der Waals surface area contributed by atoms with Crippen LogP contribution in [0, 0.1) is 12.7 Å². The minimum Gasteiger partial charge on any atom is -0.319 e. The lowest BCUT2D eigenvalue weighted by atomic mass is 10.2. The number of likely N-dealkylation sites (N-methyl/N-ethyl adjacent to an activating group) is 1. The van der Waals surface area contributed by atoms with Crippen molar-refractivity contribution in [1.82, 2.24) is 15.1 Å². The van der Waals surface area contributed by atoms with Crippen molar-refractivity contribution in [3.63, 3.8) is 0 Å². The molecule has 0 unspecified atom stereocenters. The number of nitrogens with one attached hydrogen (secondary N) is 1. The minimum absolute atomic E-state index is 0.243. The Kier molecular flexibility index (Phi) is 3.54. The fourth-order valence-corrected chi connectivity index (χ4v) is 1.75. The first kappa shape index (κ1) is 11.8. The maximum atomic E-state index is 13.1. The summed E-state index contributed by atoms with van der Waals surface area (Å²) in [6, 6.07) is 6.45. The largest absolute Gasteiger partial charge is 0.319 e. The van der Waals surface area contributed by atoms with Crippen molar-refractivity contribution < 1.29 is 4.39 Å². The Hall–Kier alpha value is -1.68. The van der Waals surface area contributed by atoms with Gasteiger partial charge in [0, 0.05) is 6.20 Å². The summed E-state index contributed by atoms with van der Waals surface area (Å²) in [5, 5.41) is 7.50. The molecule has 0 aliphatic rings. The fraction of sp³-hybridized carbons (Fsp3) is 0.308. The Labute approximate surface area is 100 Å². The molecular weight excluding hydrogens is 217 g/mol. The van der Waals surface area contributed by atoms with Crippen LogP contribution in [0.5, 0.6) is 0 Å². The highest BCUT2D eigenvalue weighted by molar-refractivity contribution is 5.33. The summed E-state index contributed by atoms with van der Waals surface area (Å²) < 4.78 is 14.8. The van der Waals surface area contributed by atoms with Gasteiger partial charge in [0.05, 0.1) is 11.4 Å². The van der Waals surface area contributed by atoms with Gasteiger partial charge >= 0.3 is 0 Å². The van der Waals surface area contributed by atoms with Gasteiger partial charge in [-0.3, -0.25) is 0 Å². The highest BCUT2D eigenvalue weighted by atomic mass is 19.1. The Morgan fingerprint density at radius 1 is 1.41 bits per heavy atom. The SMILES string of the molecule is CNCCc1cn(-c2cccc(F)c2)nc1C. The summed E-state index contributed by atoms with van der Waals surface area (Å²) in [6.45, 7) is 2.89. The summed E-state index contributed by atoms with van der Waals surface area (Å²) in [5.41, 5.74) is 2.93. The lowest BCUT2D eigenvalue weighted by Gasteiger charge is -2.00. The second kappa shape index (κ2) is 5.10. The molecule has 1 aromatic heterocycles. The number of halogens is 1. The van der Waals surface area contributed by atoms with Crippen LogP contribution in [-0.4, -0.2) is 23.4 Å². The van der Waals surface area contributed by atoms with Gasteiger partial charge in [0.25, 0.3) is 0 Å². The van der Waals surface area contributed by atoms with Gasteiger partial charge in [-0.1, -0.05) is 6.07 Å². The van der Waals surface area contributed by atoms with Gasteiger partial charge in [0.15, 0.2) is 0 Å². The Morgan fingerprint density at radius 3 is 2.94 bits per heavy atom. The quantitative estimate of drug-likeness (QED) is 0.876. The van der Waals surface area contributed by atoms with E-state index < -0.39 is 0 Å². The van der Waals surface area contributed by atoms with Crippen LogP contribution in [0.25, 0.3) is 5.69 Å². The Balaban J connectivity index is 2.28. The normalized spacial score (nSPS) is 10.8. The van der Waals surface area contributed by atoms with E-state index in [1.54, 1.807) is 10.7 Å². The number of benzene rings is 1. The van der Waals surface area contributed by atoms with Crippen molar-refractivity contribution in [3.8, 4) is 5.69 Å². The number of hydrogen-bond donors (Lipinski definition) is 1. The molecule has 0 fully saturated rings. The molecule has 0 spiro atoms. The smallest absolute Gasteiger partial charge is 0.125 e. The zero-order valence-corrected chi connectivity index (χ0v) is 10.1. The molecular formula is C13H16FN3. The second-order valence-corrected chi connectivity index (χ2v) is 4.02. The molecule has 1 heterocycles. The molecule has 0 atom stereocenters. The number of rotatable bonds is 4. The van der Waals surface area contributed by atoms with Crippen LogP contribution in [0.4, 0.5) is 4.39 Å². The van der Waals surface area contributed by atoms with E-state index in [-0.39, 0.29) is 5.82 Å². The van der Waals surface area contributed by atoms with Gasteiger partial charge in [-0.2, -0.15) is 5.10 Å². The molecule has 0 saturated heterocycles. The van der Waals surface area contributed by atoms with E-state index in [4.69, 9.17) is 0 Å². The van der Waals surface area contributed by atoms with Crippen molar-refractivity contribution in [2.24, 2.45) is 0 Å². The zero-order chi connectivity index (χ0) is 12.3. The third-order valence-electron chi connectivity index (χ3n) is 2.72.